The van der Waals surface area contributed by atoms with Gasteiger partial charge >= 0.3 is 11.9 Å². The number of alkyl halides is 3. The van der Waals surface area contributed by atoms with Crippen molar-refractivity contribution < 1.29 is 22.7 Å². The third kappa shape index (κ3) is 1.93. The van der Waals surface area contributed by atoms with E-state index in [9.17, 15) is 18.0 Å². The molecular weight excluding hydrogens is 239 g/mol. The molecule has 1 aromatic carbocycles. The Hall–Kier alpha value is -1.76. The fraction of sp³-hybridized carbons (Fsp3) is 0.300. The summed E-state index contributed by atoms with van der Waals surface area (Å²) in [5.41, 5.74) is 0.0192. The lowest BCUT2D eigenvalue weighted by Gasteiger charge is -2.14. The highest BCUT2D eigenvalue weighted by Crippen LogP contribution is 2.33. The van der Waals surface area contributed by atoms with E-state index in [-0.39, 0.29) is 11.1 Å². The fourth-order valence-electron chi connectivity index (χ4n) is 1.51. The number of benzene rings is 1. The number of hydrogen-bond donors (Lipinski definition) is 1. The third-order valence-electron chi connectivity index (χ3n) is 2.44. The normalized spacial score (nSPS) is 14.2. The average Bonchev–Trinajstić information content (AvgIpc) is 2.52. The van der Waals surface area contributed by atoms with Crippen molar-refractivity contribution in [1.82, 2.24) is 4.57 Å². The SMILES string of the molecule is Cn1c(=O)oc2cc(C(O)C(F)(F)F)ccc21. The minimum absolute atomic E-state index is 0.0123. The molecule has 0 aliphatic carbocycles. The van der Waals surface area contributed by atoms with Crippen LogP contribution < -0.4 is 5.76 Å². The van der Waals surface area contributed by atoms with Gasteiger partial charge in [-0.05, 0) is 17.7 Å². The summed E-state index contributed by atoms with van der Waals surface area (Å²) in [5, 5.41) is 9.04. The molecule has 1 N–H and O–H groups in total. The predicted octanol–water partition coefficient (Wildman–Crippen LogP) is 1.73. The molecule has 0 fully saturated rings. The van der Waals surface area contributed by atoms with Crippen LogP contribution in [-0.2, 0) is 7.05 Å². The minimum atomic E-state index is -4.75. The molecule has 17 heavy (non-hydrogen) atoms. The molecule has 7 heteroatoms. The van der Waals surface area contributed by atoms with Gasteiger partial charge in [0.1, 0.15) is 0 Å². The van der Waals surface area contributed by atoms with Crippen LogP contribution in [0.15, 0.2) is 27.4 Å². The molecular formula is C10H8F3NO3. The topological polar surface area (TPSA) is 55.4 Å². The predicted molar refractivity (Wildman–Crippen MR) is 52.5 cm³/mol. The van der Waals surface area contributed by atoms with Crippen molar-refractivity contribution in [2.75, 3.05) is 0 Å². The molecule has 0 aliphatic heterocycles. The van der Waals surface area contributed by atoms with Gasteiger partial charge in [0.2, 0.25) is 0 Å². The van der Waals surface area contributed by atoms with E-state index in [0.717, 1.165) is 12.1 Å². The molecule has 1 heterocycles. The number of halogens is 3. The number of aryl methyl sites for hydroxylation is 1. The average molecular weight is 247 g/mol. The van der Waals surface area contributed by atoms with Crippen LogP contribution in [0.3, 0.4) is 0 Å². The monoisotopic (exact) mass is 247 g/mol. The zero-order chi connectivity index (χ0) is 12.8. The number of rotatable bonds is 1. The molecule has 0 amide bonds. The second kappa shape index (κ2) is 3.63. The molecule has 0 bridgehead atoms. The Kier molecular flexibility index (Phi) is 2.50. The highest BCUT2D eigenvalue weighted by Gasteiger charge is 2.39. The Morgan fingerprint density at radius 1 is 1.41 bits per heavy atom. The first kappa shape index (κ1) is 11.7. The molecule has 0 radical (unpaired) electrons. The summed E-state index contributed by atoms with van der Waals surface area (Å²) in [6.45, 7) is 0. The molecule has 2 rings (SSSR count). The number of nitrogens with zero attached hydrogens (tertiary/aromatic N) is 1. The van der Waals surface area contributed by atoms with Crippen molar-refractivity contribution in [2.24, 2.45) is 7.05 Å². The van der Waals surface area contributed by atoms with E-state index in [2.05, 4.69) is 0 Å². The maximum atomic E-state index is 12.3. The van der Waals surface area contributed by atoms with Gasteiger partial charge in [0.15, 0.2) is 11.7 Å². The van der Waals surface area contributed by atoms with Crippen LogP contribution in [0.25, 0.3) is 11.1 Å². The quantitative estimate of drug-likeness (QED) is 0.834. The van der Waals surface area contributed by atoms with Crippen LogP contribution in [0.4, 0.5) is 13.2 Å². The smallest absolute Gasteiger partial charge is 0.408 e. The van der Waals surface area contributed by atoms with Crippen molar-refractivity contribution >= 4 is 11.1 Å². The van der Waals surface area contributed by atoms with Crippen LogP contribution in [0.5, 0.6) is 0 Å². The third-order valence-corrected chi connectivity index (χ3v) is 2.44. The molecule has 0 saturated heterocycles. The van der Waals surface area contributed by atoms with Gasteiger partial charge in [-0.2, -0.15) is 13.2 Å². The van der Waals surface area contributed by atoms with E-state index in [1.165, 1.54) is 17.7 Å². The van der Waals surface area contributed by atoms with Crippen LogP contribution in [0.1, 0.15) is 11.7 Å². The summed E-state index contributed by atoms with van der Waals surface area (Å²) in [6, 6.07) is 3.41. The van der Waals surface area contributed by atoms with Crippen molar-refractivity contribution in [3.8, 4) is 0 Å². The van der Waals surface area contributed by atoms with E-state index in [1.807, 2.05) is 0 Å². The Morgan fingerprint density at radius 2 is 2.06 bits per heavy atom. The molecule has 1 unspecified atom stereocenters. The number of aliphatic hydroxyl groups excluding tert-OH is 1. The molecule has 0 saturated carbocycles. The highest BCUT2D eigenvalue weighted by molar-refractivity contribution is 5.73. The van der Waals surface area contributed by atoms with Gasteiger partial charge in [-0.25, -0.2) is 4.79 Å². The lowest BCUT2D eigenvalue weighted by Crippen LogP contribution is -2.20. The molecule has 1 aromatic heterocycles. The van der Waals surface area contributed by atoms with Crippen molar-refractivity contribution in [3.63, 3.8) is 0 Å². The molecule has 0 spiro atoms. The van der Waals surface area contributed by atoms with E-state index in [1.54, 1.807) is 0 Å². The molecule has 4 nitrogen and oxygen atoms in total. The summed E-state index contributed by atoms with van der Waals surface area (Å²) in [7, 11) is 1.44. The summed E-state index contributed by atoms with van der Waals surface area (Å²) in [6.07, 6.45) is -7.33. The number of aromatic nitrogens is 1. The van der Waals surface area contributed by atoms with Crippen LogP contribution >= 0.6 is 0 Å². The van der Waals surface area contributed by atoms with Gasteiger partial charge in [0.05, 0.1) is 5.52 Å². The van der Waals surface area contributed by atoms with Crippen LogP contribution in [0.2, 0.25) is 0 Å². The van der Waals surface area contributed by atoms with E-state index < -0.39 is 18.0 Å². The largest absolute Gasteiger partial charge is 0.419 e. The Morgan fingerprint density at radius 3 is 2.65 bits per heavy atom. The minimum Gasteiger partial charge on any atom is -0.408 e. The second-order valence-corrected chi connectivity index (χ2v) is 3.60. The first-order chi connectivity index (χ1) is 7.80. The van der Waals surface area contributed by atoms with E-state index >= 15 is 0 Å². The summed E-state index contributed by atoms with van der Waals surface area (Å²) in [5.74, 6) is -0.668. The lowest BCUT2D eigenvalue weighted by molar-refractivity contribution is -0.206. The number of aliphatic hydroxyl groups is 1. The van der Waals surface area contributed by atoms with E-state index in [0.29, 0.717) is 5.52 Å². The fourth-order valence-corrected chi connectivity index (χ4v) is 1.51. The zero-order valence-corrected chi connectivity index (χ0v) is 8.65. The number of hydrogen-bond acceptors (Lipinski definition) is 3. The Bertz CT molecular complexity index is 611. The van der Waals surface area contributed by atoms with Gasteiger partial charge in [0, 0.05) is 7.05 Å². The highest BCUT2D eigenvalue weighted by atomic mass is 19.4. The van der Waals surface area contributed by atoms with Gasteiger partial charge in [-0.15, -0.1) is 0 Å². The molecule has 0 aliphatic rings. The van der Waals surface area contributed by atoms with Gasteiger partial charge < -0.3 is 9.52 Å². The molecule has 2 aromatic rings. The van der Waals surface area contributed by atoms with Crippen molar-refractivity contribution in [3.05, 3.63) is 34.3 Å². The maximum absolute atomic E-state index is 12.3. The second-order valence-electron chi connectivity index (χ2n) is 3.60. The summed E-state index contributed by atoms with van der Waals surface area (Å²) < 4.78 is 42.7. The molecule has 92 valence electrons. The first-order valence-electron chi connectivity index (χ1n) is 4.65. The van der Waals surface area contributed by atoms with Crippen molar-refractivity contribution in [2.45, 2.75) is 12.3 Å². The van der Waals surface area contributed by atoms with Crippen molar-refractivity contribution in [1.29, 1.82) is 0 Å². The van der Waals surface area contributed by atoms with Crippen LogP contribution in [0, 0.1) is 0 Å². The van der Waals surface area contributed by atoms with E-state index in [4.69, 9.17) is 9.52 Å². The summed E-state index contributed by atoms with van der Waals surface area (Å²) >= 11 is 0. The Balaban J connectivity index is 2.56. The first-order valence-corrected chi connectivity index (χ1v) is 4.65. The van der Waals surface area contributed by atoms with Crippen LogP contribution in [-0.4, -0.2) is 15.8 Å². The van der Waals surface area contributed by atoms with Gasteiger partial charge in [-0.3, -0.25) is 4.57 Å². The number of oxazole rings is 1. The van der Waals surface area contributed by atoms with Gasteiger partial charge in [0.25, 0.3) is 0 Å². The lowest BCUT2D eigenvalue weighted by atomic mass is 10.1. The zero-order valence-electron chi connectivity index (χ0n) is 8.65. The standard InChI is InChI=1S/C10H8F3NO3/c1-14-6-3-2-5(8(15)10(11,12)13)4-7(6)17-9(14)16/h2-4,8,15H,1H3. The Labute approximate surface area is 92.9 Å². The summed E-state index contributed by atoms with van der Waals surface area (Å²) in [4.78, 5) is 11.1. The van der Waals surface area contributed by atoms with Gasteiger partial charge in [-0.1, -0.05) is 6.07 Å². The molecule has 1 atom stereocenters. The maximum Gasteiger partial charge on any atom is 0.419 e. The number of fused-ring (bicyclic) bond motifs is 1.